The number of carbonyl (C=O) groups excluding carboxylic acids is 1. The van der Waals surface area contributed by atoms with Gasteiger partial charge in [-0.3, -0.25) is 4.79 Å². The second-order valence-corrected chi connectivity index (χ2v) is 13.5. The molecule has 1 aromatic heterocycles. The summed E-state index contributed by atoms with van der Waals surface area (Å²) in [7, 11) is -3.91. The highest BCUT2D eigenvalue weighted by atomic mass is 32.2. The van der Waals surface area contributed by atoms with Crippen LogP contribution in [0.15, 0.2) is 53.6 Å². The molecular weight excluding hydrogens is 572 g/mol. The van der Waals surface area contributed by atoms with Crippen LogP contribution in [0.3, 0.4) is 0 Å². The quantitative estimate of drug-likeness (QED) is 0.421. The third-order valence-electron chi connectivity index (χ3n) is 9.18. The van der Waals surface area contributed by atoms with Crippen molar-refractivity contribution < 1.29 is 13.2 Å². The molecule has 3 aromatic rings. The van der Waals surface area contributed by atoms with Gasteiger partial charge in [0.25, 0.3) is 5.91 Å². The number of hydrogen-bond donors (Lipinski definition) is 1. The molecule has 2 N–H and O–H groups in total. The molecule has 1 amide bonds. The first-order chi connectivity index (χ1) is 20.5. The molecule has 3 heterocycles. The summed E-state index contributed by atoms with van der Waals surface area (Å²) in [6, 6.07) is 15.3. The van der Waals surface area contributed by atoms with Crippen molar-refractivity contribution in [2.75, 3.05) is 49.1 Å². The first kappa shape index (κ1) is 33.0. The van der Waals surface area contributed by atoms with Crippen LogP contribution < -0.4 is 14.9 Å². The fraction of sp³-hybridized carbons (Fsp3) is 0.441. The Bertz CT molecular complexity index is 1670. The first-order valence-electron chi connectivity index (χ1n) is 14.8. The summed E-state index contributed by atoms with van der Waals surface area (Å²) in [5.41, 5.74) is 6.99. The Hall–Kier alpha value is -3.94. The number of para-hydroxylation sites is 1. The lowest BCUT2D eigenvalue weighted by Crippen LogP contribution is -2.49. The zero-order valence-corrected chi connectivity index (χ0v) is 26.2. The topological polar surface area (TPSA) is 124 Å². The van der Waals surface area contributed by atoms with Gasteiger partial charge in [-0.1, -0.05) is 32.5 Å². The fourth-order valence-electron chi connectivity index (χ4n) is 6.81. The largest absolute Gasteiger partial charge is 0.370 e. The highest BCUT2D eigenvalue weighted by molar-refractivity contribution is 7.89. The number of nitriles is 1. The predicted molar refractivity (Wildman–Crippen MR) is 175 cm³/mol. The van der Waals surface area contributed by atoms with Crippen molar-refractivity contribution in [1.29, 1.82) is 5.26 Å². The molecule has 0 unspecified atom stereocenters. The highest BCUT2D eigenvalue weighted by Gasteiger charge is 2.31. The van der Waals surface area contributed by atoms with Crippen LogP contribution in [0.4, 0.5) is 11.5 Å². The Morgan fingerprint density at radius 1 is 1.02 bits per heavy atom. The maximum absolute atomic E-state index is 13.9. The molecule has 10 heteroatoms. The van der Waals surface area contributed by atoms with Gasteiger partial charge in [-0.15, -0.1) is 0 Å². The smallest absolute Gasteiger partial charge is 0.254 e. The van der Waals surface area contributed by atoms with E-state index in [1.165, 1.54) is 17.2 Å². The molecule has 2 aliphatic rings. The van der Waals surface area contributed by atoms with Gasteiger partial charge in [-0.05, 0) is 92.0 Å². The van der Waals surface area contributed by atoms with Crippen LogP contribution in [-0.2, 0) is 16.4 Å². The average molecular weight is 617 g/mol. The average Bonchev–Trinajstić information content (AvgIpc) is 2.99. The van der Waals surface area contributed by atoms with Crippen molar-refractivity contribution in [3.05, 3.63) is 82.0 Å². The number of anilines is 2. The molecule has 2 aliphatic heterocycles. The molecule has 5 rings (SSSR count). The SMILES string of the molecule is C.Cc1cc(C)c(C(=O)N2CCN(c3ncccc3S(N)(=O)=O)CC2)c(C)c1C[C@H]1CCN(c2ccccc2C#N)C[C@H]1C. The van der Waals surface area contributed by atoms with Crippen molar-refractivity contribution in [3.63, 3.8) is 0 Å². The molecule has 0 spiro atoms. The highest BCUT2D eigenvalue weighted by Crippen LogP contribution is 2.34. The van der Waals surface area contributed by atoms with E-state index in [-0.39, 0.29) is 18.2 Å². The molecule has 0 bridgehead atoms. The molecule has 2 aromatic carbocycles. The van der Waals surface area contributed by atoms with Crippen LogP contribution in [0.25, 0.3) is 0 Å². The summed E-state index contributed by atoms with van der Waals surface area (Å²) in [5.74, 6) is 1.25. The van der Waals surface area contributed by atoms with Crippen LogP contribution >= 0.6 is 0 Å². The van der Waals surface area contributed by atoms with Crippen molar-refractivity contribution in [2.45, 2.75) is 52.9 Å². The number of aryl methyl sites for hydroxylation is 2. The van der Waals surface area contributed by atoms with E-state index in [2.05, 4.69) is 42.8 Å². The molecule has 0 radical (unpaired) electrons. The van der Waals surface area contributed by atoms with Gasteiger partial charge in [-0.2, -0.15) is 5.26 Å². The van der Waals surface area contributed by atoms with Crippen molar-refractivity contribution >= 4 is 27.4 Å². The van der Waals surface area contributed by atoms with Gasteiger partial charge in [0.1, 0.15) is 16.8 Å². The number of nitrogens with two attached hydrogens (primary N) is 1. The number of carbonyl (C=O) groups is 1. The second kappa shape index (κ2) is 13.4. The Balaban J connectivity index is 0.00000442. The zero-order valence-electron chi connectivity index (χ0n) is 25.4. The van der Waals surface area contributed by atoms with E-state index in [1.54, 1.807) is 12.3 Å². The number of sulfonamides is 1. The van der Waals surface area contributed by atoms with Gasteiger partial charge in [-0.25, -0.2) is 18.5 Å². The van der Waals surface area contributed by atoms with E-state index in [4.69, 9.17) is 5.14 Å². The van der Waals surface area contributed by atoms with Gasteiger partial charge < -0.3 is 14.7 Å². The van der Waals surface area contributed by atoms with Crippen LogP contribution in [0.1, 0.15) is 58.9 Å². The number of pyridine rings is 1. The number of benzene rings is 2. The summed E-state index contributed by atoms with van der Waals surface area (Å²) >= 11 is 0. The number of amides is 1. The molecular formula is C34H44N6O3S. The fourth-order valence-corrected chi connectivity index (χ4v) is 7.52. The minimum atomic E-state index is -3.91. The number of rotatable bonds is 6. The minimum Gasteiger partial charge on any atom is -0.370 e. The summed E-state index contributed by atoms with van der Waals surface area (Å²) in [6.45, 7) is 12.2. The van der Waals surface area contributed by atoms with E-state index in [9.17, 15) is 18.5 Å². The third kappa shape index (κ3) is 6.59. The minimum absolute atomic E-state index is 0. The van der Waals surface area contributed by atoms with Crippen LogP contribution in [0, 0.1) is 43.9 Å². The molecule has 0 aliphatic carbocycles. The lowest BCUT2D eigenvalue weighted by atomic mass is 9.79. The monoisotopic (exact) mass is 616 g/mol. The predicted octanol–water partition coefficient (Wildman–Crippen LogP) is 4.83. The lowest BCUT2D eigenvalue weighted by molar-refractivity contribution is 0.0744. The molecule has 234 valence electrons. The standard InChI is InChI=1S/C33H40N6O3S.CH4/c1-22-18-23(2)31(33(40)38-16-14-37(15-17-38)32-30(43(35,41)42)10-7-12-36-32)25(4)28(22)19-26-11-13-39(21-24(26)3)29-9-6-5-8-27(29)20-34;/h5-10,12,18,24,26H,11,13-17,19,21H2,1-4H3,(H2,35,41,42);1H4/t24-,26-;/m1./s1. The van der Waals surface area contributed by atoms with E-state index in [1.807, 2.05) is 41.0 Å². The molecule has 0 saturated carbocycles. The van der Waals surface area contributed by atoms with Crippen LogP contribution in [0.5, 0.6) is 0 Å². The van der Waals surface area contributed by atoms with Gasteiger partial charge in [0, 0.05) is 51.0 Å². The number of piperazine rings is 1. The lowest BCUT2D eigenvalue weighted by Gasteiger charge is -2.39. The van der Waals surface area contributed by atoms with Gasteiger partial charge >= 0.3 is 0 Å². The van der Waals surface area contributed by atoms with Gasteiger partial charge in [0.2, 0.25) is 10.0 Å². The van der Waals surface area contributed by atoms with E-state index in [0.29, 0.717) is 49.4 Å². The van der Waals surface area contributed by atoms with Crippen molar-refractivity contribution in [2.24, 2.45) is 17.0 Å². The van der Waals surface area contributed by atoms with Gasteiger partial charge in [0.05, 0.1) is 11.3 Å². The summed E-state index contributed by atoms with van der Waals surface area (Å²) in [4.78, 5) is 24.3. The Morgan fingerprint density at radius 2 is 1.73 bits per heavy atom. The number of aromatic nitrogens is 1. The van der Waals surface area contributed by atoms with Gasteiger partial charge in [0.15, 0.2) is 0 Å². The Labute approximate surface area is 262 Å². The first-order valence-corrected chi connectivity index (χ1v) is 16.4. The maximum Gasteiger partial charge on any atom is 0.254 e. The normalized spacial score (nSPS) is 18.9. The summed E-state index contributed by atoms with van der Waals surface area (Å²) < 4.78 is 24.2. The van der Waals surface area contributed by atoms with Crippen molar-refractivity contribution in [3.8, 4) is 6.07 Å². The number of hydrogen-bond acceptors (Lipinski definition) is 7. The Kier molecular flexibility index (Phi) is 10.0. The van der Waals surface area contributed by atoms with E-state index >= 15 is 0 Å². The summed E-state index contributed by atoms with van der Waals surface area (Å²) in [5, 5.41) is 15.0. The second-order valence-electron chi connectivity index (χ2n) is 11.9. The number of piperidine rings is 1. The zero-order chi connectivity index (χ0) is 30.9. The maximum atomic E-state index is 13.9. The van der Waals surface area contributed by atoms with E-state index < -0.39 is 10.0 Å². The molecule has 44 heavy (non-hydrogen) atoms. The number of primary sulfonamides is 1. The Morgan fingerprint density at radius 3 is 2.39 bits per heavy atom. The van der Waals surface area contributed by atoms with Crippen LogP contribution in [-0.4, -0.2) is 63.5 Å². The van der Waals surface area contributed by atoms with Crippen molar-refractivity contribution in [1.82, 2.24) is 9.88 Å². The number of nitrogens with zero attached hydrogens (tertiary/aromatic N) is 5. The van der Waals surface area contributed by atoms with Crippen LogP contribution in [0.2, 0.25) is 0 Å². The molecule has 2 atom stereocenters. The van der Waals surface area contributed by atoms with E-state index in [0.717, 1.165) is 48.3 Å². The molecule has 2 saturated heterocycles. The molecule has 2 fully saturated rings. The third-order valence-corrected chi connectivity index (χ3v) is 10.1. The molecule has 9 nitrogen and oxygen atoms in total. The summed E-state index contributed by atoms with van der Waals surface area (Å²) in [6.07, 6.45) is 3.49.